The lowest BCUT2D eigenvalue weighted by atomic mass is 9.95. The van der Waals surface area contributed by atoms with Gasteiger partial charge in [-0.3, -0.25) is 4.79 Å². The Morgan fingerprint density at radius 2 is 2.24 bits per heavy atom. The molecule has 1 aromatic rings. The van der Waals surface area contributed by atoms with Gasteiger partial charge in [-0.05, 0) is 42.5 Å². The Balaban J connectivity index is 1.94. The molecule has 1 fully saturated rings. The summed E-state index contributed by atoms with van der Waals surface area (Å²) in [6.07, 6.45) is 5.83. The first-order chi connectivity index (χ1) is 8.22. The van der Waals surface area contributed by atoms with E-state index in [1.54, 1.807) is 6.07 Å². The van der Waals surface area contributed by atoms with E-state index < -0.39 is 0 Å². The summed E-state index contributed by atoms with van der Waals surface area (Å²) in [6, 6.07) is 8.75. The average molecular weight is 228 g/mol. The van der Waals surface area contributed by atoms with Crippen LogP contribution in [0.2, 0.25) is 0 Å². The maximum absolute atomic E-state index is 11.2. The summed E-state index contributed by atoms with van der Waals surface area (Å²) in [5, 5.41) is 3.56. The highest BCUT2D eigenvalue weighted by Gasteiger charge is 2.28. The van der Waals surface area contributed by atoms with Gasteiger partial charge in [0.25, 0.3) is 0 Å². The topological polar surface area (TPSA) is 55.1 Å². The predicted molar refractivity (Wildman–Crippen MR) is 67.5 cm³/mol. The number of benzene rings is 1. The first kappa shape index (κ1) is 10.5. The molecule has 17 heavy (non-hydrogen) atoms. The van der Waals surface area contributed by atoms with Crippen LogP contribution in [-0.4, -0.2) is 18.0 Å². The van der Waals surface area contributed by atoms with E-state index in [1.807, 2.05) is 12.1 Å². The number of primary amides is 1. The van der Waals surface area contributed by atoms with Crippen molar-refractivity contribution in [3.63, 3.8) is 0 Å². The van der Waals surface area contributed by atoms with Gasteiger partial charge in [0.1, 0.15) is 0 Å². The zero-order chi connectivity index (χ0) is 11.8. The lowest BCUT2D eigenvalue weighted by molar-refractivity contribution is 0.100. The summed E-state index contributed by atoms with van der Waals surface area (Å²) in [4.78, 5) is 11.2. The molecule has 0 radical (unpaired) electrons. The number of hydrogen-bond acceptors (Lipinski definition) is 2. The lowest BCUT2D eigenvalue weighted by Gasteiger charge is -2.21. The molecule has 3 nitrogen and oxygen atoms in total. The minimum atomic E-state index is -0.357. The molecule has 1 aromatic carbocycles. The van der Waals surface area contributed by atoms with Crippen molar-refractivity contribution in [1.82, 2.24) is 5.32 Å². The van der Waals surface area contributed by atoms with E-state index in [0.717, 1.165) is 12.0 Å². The third kappa shape index (κ3) is 1.98. The predicted octanol–water partition coefficient (Wildman–Crippen LogP) is 1.69. The van der Waals surface area contributed by atoms with Gasteiger partial charge in [0.15, 0.2) is 0 Å². The highest BCUT2D eigenvalue weighted by molar-refractivity contribution is 5.93. The molecule has 0 aliphatic carbocycles. The molecule has 2 bridgehead atoms. The van der Waals surface area contributed by atoms with Gasteiger partial charge in [0, 0.05) is 17.6 Å². The van der Waals surface area contributed by atoms with Crippen LogP contribution in [0, 0.1) is 0 Å². The quantitative estimate of drug-likeness (QED) is 0.809. The highest BCUT2D eigenvalue weighted by Crippen LogP contribution is 2.31. The van der Waals surface area contributed by atoms with Gasteiger partial charge in [-0.2, -0.15) is 0 Å². The first-order valence-electron chi connectivity index (χ1n) is 6.09. The van der Waals surface area contributed by atoms with Gasteiger partial charge in [-0.15, -0.1) is 0 Å². The van der Waals surface area contributed by atoms with Gasteiger partial charge < -0.3 is 11.1 Å². The summed E-state index contributed by atoms with van der Waals surface area (Å²) >= 11 is 0. The van der Waals surface area contributed by atoms with E-state index in [0.29, 0.717) is 17.6 Å². The molecule has 0 aromatic heterocycles. The van der Waals surface area contributed by atoms with Crippen molar-refractivity contribution in [2.75, 3.05) is 0 Å². The van der Waals surface area contributed by atoms with Crippen LogP contribution in [0.1, 0.15) is 35.2 Å². The van der Waals surface area contributed by atoms with Gasteiger partial charge in [0.05, 0.1) is 0 Å². The molecule has 3 rings (SSSR count). The Labute approximate surface area is 101 Å². The van der Waals surface area contributed by atoms with Crippen LogP contribution in [0.25, 0.3) is 5.57 Å². The van der Waals surface area contributed by atoms with Crippen molar-refractivity contribution >= 4 is 11.5 Å². The Bertz CT molecular complexity index is 493. The van der Waals surface area contributed by atoms with Crippen LogP contribution in [0.15, 0.2) is 30.3 Å². The molecule has 1 amide bonds. The van der Waals surface area contributed by atoms with Gasteiger partial charge in [0.2, 0.25) is 5.91 Å². The second-order valence-electron chi connectivity index (χ2n) is 4.89. The molecule has 1 saturated heterocycles. The maximum atomic E-state index is 11.2. The number of rotatable bonds is 2. The van der Waals surface area contributed by atoms with Crippen LogP contribution in [0.3, 0.4) is 0 Å². The molecular weight excluding hydrogens is 212 g/mol. The minimum Gasteiger partial charge on any atom is -0.366 e. The molecular formula is C14H16N2O. The molecule has 2 heterocycles. The first-order valence-corrected chi connectivity index (χ1v) is 6.09. The van der Waals surface area contributed by atoms with Crippen molar-refractivity contribution < 1.29 is 4.79 Å². The number of carbonyl (C=O) groups excluding carboxylic acids is 1. The van der Waals surface area contributed by atoms with Crippen LogP contribution < -0.4 is 11.1 Å². The second kappa shape index (κ2) is 4.00. The standard InChI is InChI=1S/C14H16N2O/c15-14(17)10-3-1-2-9(6-10)11-7-12-4-5-13(8-11)16-12/h1-3,6-7,12-13,16H,4-5,8H2,(H2,15,17)/t12-,13+/m1/s1. The third-order valence-corrected chi connectivity index (χ3v) is 3.66. The zero-order valence-electron chi connectivity index (χ0n) is 9.65. The Kier molecular flexibility index (Phi) is 2.48. The number of amides is 1. The van der Waals surface area contributed by atoms with Gasteiger partial charge >= 0.3 is 0 Å². The van der Waals surface area contributed by atoms with E-state index >= 15 is 0 Å². The fraction of sp³-hybridized carbons (Fsp3) is 0.357. The third-order valence-electron chi connectivity index (χ3n) is 3.66. The van der Waals surface area contributed by atoms with Crippen molar-refractivity contribution in [3.05, 3.63) is 41.5 Å². The largest absolute Gasteiger partial charge is 0.366 e. The van der Waals surface area contributed by atoms with Crippen molar-refractivity contribution in [2.24, 2.45) is 5.73 Å². The second-order valence-corrected chi connectivity index (χ2v) is 4.89. The van der Waals surface area contributed by atoms with E-state index in [-0.39, 0.29) is 5.91 Å². The minimum absolute atomic E-state index is 0.357. The lowest BCUT2D eigenvalue weighted by Crippen LogP contribution is -2.31. The zero-order valence-corrected chi connectivity index (χ0v) is 9.65. The summed E-state index contributed by atoms with van der Waals surface area (Å²) in [5.41, 5.74) is 8.39. The van der Waals surface area contributed by atoms with Crippen molar-refractivity contribution in [3.8, 4) is 0 Å². The molecule has 2 aliphatic rings. The molecule has 3 N–H and O–H groups in total. The summed E-state index contributed by atoms with van der Waals surface area (Å²) < 4.78 is 0. The number of hydrogen-bond donors (Lipinski definition) is 2. The molecule has 0 unspecified atom stereocenters. The molecule has 0 spiro atoms. The van der Waals surface area contributed by atoms with E-state index in [2.05, 4.69) is 17.5 Å². The summed E-state index contributed by atoms with van der Waals surface area (Å²) in [5.74, 6) is -0.357. The van der Waals surface area contributed by atoms with E-state index in [4.69, 9.17) is 5.73 Å². The Morgan fingerprint density at radius 1 is 1.35 bits per heavy atom. The smallest absolute Gasteiger partial charge is 0.248 e. The summed E-state index contributed by atoms with van der Waals surface area (Å²) in [7, 11) is 0. The van der Waals surface area contributed by atoms with Crippen LogP contribution in [-0.2, 0) is 0 Å². The van der Waals surface area contributed by atoms with Crippen LogP contribution in [0.5, 0.6) is 0 Å². The maximum Gasteiger partial charge on any atom is 0.248 e. The van der Waals surface area contributed by atoms with Crippen LogP contribution in [0.4, 0.5) is 0 Å². The molecule has 0 saturated carbocycles. The molecule has 2 aliphatic heterocycles. The Morgan fingerprint density at radius 3 is 3.00 bits per heavy atom. The van der Waals surface area contributed by atoms with Crippen LogP contribution >= 0.6 is 0 Å². The normalized spacial score (nSPS) is 26.7. The average Bonchev–Trinajstić information content (AvgIpc) is 2.68. The number of nitrogens with two attached hydrogens (primary N) is 1. The SMILES string of the molecule is NC(=O)c1cccc(C2=C[C@H]3CC[C@@H](C2)N3)c1. The highest BCUT2D eigenvalue weighted by atomic mass is 16.1. The van der Waals surface area contributed by atoms with Gasteiger partial charge in [-0.25, -0.2) is 0 Å². The number of carbonyl (C=O) groups is 1. The fourth-order valence-corrected chi connectivity index (χ4v) is 2.81. The number of fused-ring (bicyclic) bond motifs is 2. The monoisotopic (exact) mass is 228 g/mol. The van der Waals surface area contributed by atoms with E-state index in [9.17, 15) is 4.79 Å². The molecule has 88 valence electrons. The van der Waals surface area contributed by atoms with Crippen molar-refractivity contribution in [2.45, 2.75) is 31.3 Å². The fourth-order valence-electron chi connectivity index (χ4n) is 2.81. The van der Waals surface area contributed by atoms with Crippen molar-refractivity contribution in [1.29, 1.82) is 0 Å². The molecule has 2 atom stereocenters. The summed E-state index contributed by atoms with van der Waals surface area (Å²) in [6.45, 7) is 0. The molecule has 3 heteroatoms. The van der Waals surface area contributed by atoms with E-state index in [1.165, 1.54) is 18.4 Å². The Hall–Kier alpha value is -1.61. The van der Waals surface area contributed by atoms with Gasteiger partial charge in [-0.1, -0.05) is 18.2 Å². The number of nitrogens with one attached hydrogen (secondary N) is 1.